The number of benzene rings is 3. The van der Waals surface area contributed by atoms with E-state index in [-0.39, 0.29) is 11.3 Å². The minimum atomic E-state index is -0.853. The number of ketones is 1. The van der Waals surface area contributed by atoms with Gasteiger partial charge in [0, 0.05) is 37.3 Å². The molecule has 42 heavy (non-hydrogen) atoms. The minimum Gasteiger partial charge on any atom is -0.507 e. The van der Waals surface area contributed by atoms with E-state index >= 15 is 0 Å². The van der Waals surface area contributed by atoms with Crippen molar-refractivity contribution in [3.63, 3.8) is 0 Å². The van der Waals surface area contributed by atoms with Crippen LogP contribution in [0.2, 0.25) is 0 Å². The normalized spacial score (nSPS) is 18.7. The molecule has 2 aliphatic heterocycles. The number of likely N-dealkylation sites (tertiary alicyclic amines) is 1. The number of nitrogens with zero attached hydrogens (tertiary/aromatic N) is 2. The Morgan fingerprint density at radius 1 is 0.905 bits per heavy atom. The predicted octanol–water partition coefficient (Wildman–Crippen LogP) is 4.43. The van der Waals surface area contributed by atoms with Gasteiger partial charge in [-0.15, -0.1) is 0 Å². The molecule has 2 heterocycles. The SMILES string of the molecule is COc1ccc(OC)c(C2/C(=C(\O)c3ccc(OCc4ccccc4)cc3)C(=O)C(=O)N2CCCN2CCOCC2)c1. The number of aliphatic hydroxyl groups is 1. The number of hydrogen-bond donors (Lipinski definition) is 1. The molecule has 2 fully saturated rings. The van der Waals surface area contributed by atoms with Crippen LogP contribution in [0.25, 0.3) is 5.76 Å². The van der Waals surface area contributed by atoms with Gasteiger partial charge in [0.1, 0.15) is 29.6 Å². The van der Waals surface area contributed by atoms with E-state index < -0.39 is 17.7 Å². The Morgan fingerprint density at radius 2 is 1.62 bits per heavy atom. The number of morpholine rings is 1. The lowest BCUT2D eigenvalue weighted by Crippen LogP contribution is -2.39. The van der Waals surface area contributed by atoms with Gasteiger partial charge in [-0.2, -0.15) is 0 Å². The van der Waals surface area contributed by atoms with E-state index in [1.54, 1.807) is 49.6 Å². The van der Waals surface area contributed by atoms with Gasteiger partial charge in [-0.25, -0.2) is 0 Å². The fourth-order valence-electron chi connectivity index (χ4n) is 5.38. The summed E-state index contributed by atoms with van der Waals surface area (Å²) in [5.74, 6) is -0.00563. The number of carbonyl (C=O) groups excluding carboxylic acids is 2. The van der Waals surface area contributed by atoms with Crippen molar-refractivity contribution in [2.75, 3.05) is 53.6 Å². The Hall–Kier alpha value is -4.34. The molecule has 0 saturated carbocycles. The predicted molar refractivity (Wildman–Crippen MR) is 158 cm³/mol. The second kappa shape index (κ2) is 13.5. The molecule has 2 saturated heterocycles. The standard InChI is InChI=1S/C33H36N2O7/c1-39-26-13-14-28(40-2)27(21-26)30-29(32(37)33(38)35(30)16-6-15-34-17-19-41-20-18-34)31(36)24-9-11-25(12-10-24)42-22-23-7-4-3-5-8-23/h3-5,7-14,21,30,36H,6,15-20,22H2,1-2H3/b31-29+. The summed E-state index contributed by atoms with van der Waals surface area (Å²) in [4.78, 5) is 30.8. The third kappa shape index (κ3) is 6.42. The largest absolute Gasteiger partial charge is 0.507 e. The number of amides is 1. The molecule has 0 spiro atoms. The number of hydrogen-bond acceptors (Lipinski definition) is 8. The van der Waals surface area contributed by atoms with Gasteiger partial charge in [-0.3, -0.25) is 14.5 Å². The highest BCUT2D eigenvalue weighted by atomic mass is 16.5. The van der Waals surface area contributed by atoms with Crippen LogP contribution < -0.4 is 14.2 Å². The summed E-state index contributed by atoms with van der Waals surface area (Å²) in [6, 6.07) is 21.0. The first-order valence-corrected chi connectivity index (χ1v) is 14.1. The lowest BCUT2D eigenvalue weighted by molar-refractivity contribution is -0.140. The second-order valence-electron chi connectivity index (χ2n) is 10.2. The van der Waals surface area contributed by atoms with Gasteiger partial charge >= 0.3 is 0 Å². The molecule has 1 amide bonds. The Kier molecular flexibility index (Phi) is 9.41. The zero-order valence-electron chi connectivity index (χ0n) is 24.0. The minimum absolute atomic E-state index is 0.0101. The number of carbonyl (C=O) groups is 2. The Labute approximate surface area is 245 Å². The van der Waals surface area contributed by atoms with Crippen LogP contribution in [0.15, 0.2) is 78.4 Å². The Balaban J connectivity index is 1.45. The van der Waals surface area contributed by atoms with E-state index in [1.807, 2.05) is 30.3 Å². The van der Waals surface area contributed by atoms with Crippen LogP contribution in [0.4, 0.5) is 0 Å². The topological polar surface area (TPSA) is 97.8 Å². The molecule has 220 valence electrons. The molecule has 0 radical (unpaired) electrons. The molecule has 0 aliphatic carbocycles. The Bertz CT molecular complexity index is 1420. The summed E-state index contributed by atoms with van der Waals surface area (Å²) in [6.07, 6.45) is 0.656. The van der Waals surface area contributed by atoms with E-state index in [0.717, 1.165) is 25.2 Å². The van der Waals surface area contributed by atoms with Crippen molar-refractivity contribution in [2.45, 2.75) is 19.1 Å². The smallest absolute Gasteiger partial charge is 0.295 e. The molecule has 0 bridgehead atoms. The van der Waals surface area contributed by atoms with Crippen LogP contribution in [-0.4, -0.2) is 80.2 Å². The fraction of sp³-hybridized carbons (Fsp3) is 0.333. The molecule has 1 N–H and O–H groups in total. The van der Waals surface area contributed by atoms with E-state index in [4.69, 9.17) is 18.9 Å². The molecular formula is C33H36N2O7. The Morgan fingerprint density at radius 3 is 2.31 bits per heavy atom. The third-order valence-corrected chi connectivity index (χ3v) is 7.62. The maximum Gasteiger partial charge on any atom is 0.295 e. The quantitative estimate of drug-likeness (QED) is 0.205. The van der Waals surface area contributed by atoms with Crippen LogP contribution in [0, 0.1) is 0 Å². The third-order valence-electron chi connectivity index (χ3n) is 7.62. The zero-order chi connectivity index (χ0) is 29.5. The van der Waals surface area contributed by atoms with E-state index in [2.05, 4.69) is 4.90 Å². The fourth-order valence-corrected chi connectivity index (χ4v) is 5.38. The molecule has 3 aromatic carbocycles. The van der Waals surface area contributed by atoms with Gasteiger partial charge < -0.3 is 29.0 Å². The van der Waals surface area contributed by atoms with Crippen molar-refractivity contribution >= 4 is 17.4 Å². The second-order valence-corrected chi connectivity index (χ2v) is 10.2. The van der Waals surface area contributed by atoms with Crippen molar-refractivity contribution in [3.8, 4) is 17.2 Å². The molecule has 9 nitrogen and oxygen atoms in total. The van der Waals surface area contributed by atoms with Gasteiger partial charge in [0.05, 0.1) is 39.0 Å². The van der Waals surface area contributed by atoms with Gasteiger partial charge in [-0.05, 0) is 54.4 Å². The average Bonchev–Trinajstić information content (AvgIpc) is 3.29. The van der Waals surface area contributed by atoms with Gasteiger partial charge in [-0.1, -0.05) is 30.3 Å². The molecule has 2 aliphatic rings. The molecule has 0 aromatic heterocycles. The first-order chi connectivity index (χ1) is 20.5. The number of Topliss-reactive ketones (excluding diaryl/α,β-unsaturated/α-hetero) is 1. The van der Waals surface area contributed by atoms with Crippen LogP contribution >= 0.6 is 0 Å². The van der Waals surface area contributed by atoms with Crippen LogP contribution in [0.1, 0.15) is 29.2 Å². The van der Waals surface area contributed by atoms with E-state index in [1.165, 1.54) is 12.0 Å². The number of aliphatic hydroxyl groups excluding tert-OH is 1. The van der Waals surface area contributed by atoms with Crippen molar-refractivity contribution < 1.29 is 33.6 Å². The lowest BCUT2D eigenvalue weighted by Gasteiger charge is -2.29. The average molecular weight is 573 g/mol. The highest BCUT2D eigenvalue weighted by molar-refractivity contribution is 6.46. The van der Waals surface area contributed by atoms with Crippen LogP contribution in [0.5, 0.6) is 17.2 Å². The summed E-state index contributed by atoms with van der Waals surface area (Å²) in [5.41, 5.74) is 2.01. The molecular weight excluding hydrogens is 536 g/mol. The summed E-state index contributed by atoms with van der Waals surface area (Å²) in [6.45, 7) is 4.52. The van der Waals surface area contributed by atoms with Crippen molar-refractivity contribution in [1.82, 2.24) is 9.80 Å². The molecule has 3 aromatic rings. The van der Waals surface area contributed by atoms with Crippen molar-refractivity contribution in [2.24, 2.45) is 0 Å². The number of methoxy groups -OCH3 is 2. The van der Waals surface area contributed by atoms with Crippen LogP contribution in [0.3, 0.4) is 0 Å². The van der Waals surface area contributed by atoms with E-state index in [9.17, 15) is 14.7 Å². The van der Waals surface area contributed by atoms with Crippen molar-refractivity contribution in [1.29, 1.82) is 0 Å². The zero-order valence-corrected chi connectivity index (χ0v) is 24.0. The summed E-state index contributed by atoms with van der Waals surface area (Å²) in [5, 5.41) is 11.5. The lowest BCUT2D eigenvalue weighted by atomic mass is 9.94. The monoisotopic (exact) mass is 572 g/mol. The van der Waals surface area contributed by atoms with Gasteiger partial charge in [0.25, 0.3) is 11.7 Å². The van der Waals surface area contributed by atoms with Gasteiger partial charge in [0.2, 0.25) is 0 Å². The summed E-state index contributed by atoms with van der Waals surface area (Å²) in [7, 11) is 3.08. The maximum absolute atomic E-state index is 13.5. The molecule has 1 atom stereocenters. The molecule has 9 heteroatoms. The van der Waals surface area contributed by atoms with Crippen LogP contribution in [-0.2, 0) is 20.9 Å². The first-order valence-electron chi connectivity index (χ1n) is 14.1. The summed E-state index contributed by atoms with van der Waals surface area (Å²) < 4.78 is 22.4. The van der Waals surface area contributed by atoms with Crippen molar-refractivity contribution in [3.05, 3.63) is 95.1 Å². The number of rotatable bonds is 11. The highest BCUT2D eigenvalue weighted by Gasteiger charge is 2.47. The molecule has 5 rings (SSSR count). The summed E-state index contributed by atoms with van der Waals surface area (Å²) >= 11 is 0. The first kappa shape index (κ1) is 29.2. The molecule has 1 unspecified atom stereocenters. The van der Waals surface area contributed by atoms with Gasteiger partial charge in [0.15, 0.2) is 0 Å². The number of ether oxygens (including phenoxy) is 4. The van der Waals surface area contributed by atoms with E-state index in [0.29, 0.717) is 61.2 Å². The highest BCUT2D eigenvalue weighted by Crippen LogP contribution is 2.44. The maximum atomic E-state index is 13.5.